The molecule has 6 nitrogen and oxygen atoms in total. The minimum Gasteiger partial charge on any atom is -0.478 e. The van der Waals surface area contributed by atoms with Crippen LogP contribution in [0.1, 0.15) is 28.6 Å². The smallest absolute Gasteiger partial charge is 0.335 e. The molecular weight excluding hydrogens is 400 g/mol. The normalized spacial score (nSPS) is 17.2. The number of anilines is 1. The van der Waals surface area contributed by atoms with E-state index < -0.39 is 5.97 Å². The van der Waals surface area contributed by atoms with Crippen LogP contribution in [0.4, 0.5) is 5.69 Å². The maximum absolute atomic E-state index is 12.3. The van der Waals surface area contributed by atoms with Crippen molar-refractivity contribution >= 4 is 35.4 Å². The zero-order valence-electron chi connectivity index (χ0n) is 16.2. The molecule has 1 fully saturated rings. The van der Waals surface area contributed by atoms with Crippen molar-refractivity contribution in [2.24, 2.45) is 0 Å². The van der Waals surface area contributed by atoms with Crippen molar-refractivity contribution in [2.45, 2.75) is 18.8 Å². The van der Waals surface area contributed by atoms with Crippen LogP contribution in [0, 0.1) is 0 Å². The Hall–Kier alpha value is -3.45. The third kappa shape index (κ3) is 4.41. The Morgan fingerprint density at radius 3 is 2.73 bits per heavy atom. The summed E-state index contributed by atoms with van der Waals surface area (Å²) in [6, 6.07) is 18.2. The molecule has 1 aromatic heterocycles. The lowest BCUT2D eigenvalue weighted by atomic mass is 10.1. The van der Waals surface area contributed by atoms with Gasteiger partial charge < -0.3 is 20.2 Å². The zero-order valence-corrected chi connectivity index (χ0v) is 17.0. The number of carbonyl (C=O) groups is 2. The number of aromatic carboxylic acids is 1. The molecule has 3 aromatic rings. The van der Waals surface area contributed by atoms with E-state index in [1.807, 2.05) is 12.1 Å². The van der Waals surface area contributed by atoms with Gasteiger partial charge in [-0.05, 0) is 48.4 Å². The number of hydrogen-bond acceptors (Lipinski definition) is 5. The molecule has 0 spiro atoms. The predicted molar refractivity (Wildman–Crippen MR) is 118 cm³/mol. The Bertz CT molecular complexity index is 1120. The summed E-state index contributed by atoms with van der Waals surface area (Å²) in [6.45, 7) is 2.11. The molecule has 2 heterocycles. The highest BCUT2D eigenvalue weighted by Gasteiger charge is 2.27. The molecule has 7 heteroatoms. The molecule has 1 aliphatic heterocycles. The van der Waals surface area contributed by atoms with E-state index in [1.165, 1.54) is 23.4 Å². The lowest BCUT2D eigenvalue weighted by Crippen LogP contribution is -2.30. The van der Waals surface area contributed by atoms with Crippen LogP contribution in [0.3, 0.4) is 0 Å². The second-order valence-electron chi connectivity index (χ2n) is 6.76. The van der Waals surface area contributed by atoms with Crippen LogP contribution >= 0.6 is 11.8 Å². The molecule has 30 heavy (non-hydrogen) atoms. The Labute approximate surface area is 178 Å². The number of hydrogen-bond donors (Lipinski definition) is 3. The maximum atomic E-state index is 12.3. The molecule has 0 saturated carbocycles. The van der Waals surface area contributed by atoms with Gasteiger partial charge in [0.15, 0.2) is 5.50 Å². The van der Waals surface area contributed by atoms with Gasteiger partial charge >= 0.3 is 5.97 Å². The SMILES string of the molecule is CCc1ccc(NC2NC(=O)C(=Cc3ccc(-c4cccc(C(=O)O)c4)o3)S2)cc1. The number of furan rings is 1. The van der Waals surface area contributed by atoms with Gasteiger partial charge in [-0.3, -0.25) is 4.79 Å². The van der Waals surface area contributed by atoms with Crippen molar-refractivity contribution in [1.29, 1.82) is 0 Å². The molecule has 3 N–H and O–H groups in total. The van der Waals surface area contributed by atoms with E-state index in [0.717, 1.165) is 12.1 Å². The fourth-order valence-electron chi connectivity index (χ4n) is 3.07. The molecule has 0 radical (unpaired) electrons. The molecule has 1 atom stereocenters. The van der Waals surface area contributed by atoms with Crippen LogP contribution in [0.15, 0.2) is 70.0 Å². The molecule has 0 aliphatic carbocycles. The first-order chi connectivity index (χ1) is 14.5. The average Bonchev–Trinajstić information content (AvgIpc) is 3.35. The Balaban J connectivity index is 1.46. The van der Waals surface area contributed by atoms with Crippen LogP contribution in [0.5, 0.6) is 0 Å². The molecule has 1 amide bonds. The molecule has 0 bridgehead atoms. The van der Waals surface area contributed by atoms with Crippen molar-refractivity contribution in [3.8, 4) is 11.3 Å². The average molecular weight is 420 g/mol. The van der Waals surface area contributed by atoms with Crippen molar-refractivity contribution in [3.63, 3.8) is 0 Å². The maximum Gasteiger partial charge on any atom is 0.335 e. The summed E-state index contributed by atoms with van der Waals surface area (Å²) in [5.41, 5.74) is 2.78. The summed E-state index contributed by atoms with van der Waals surface area (Å²) in [6.07, 6.45) is 2.67. The van der Waals surface area contributed by atoms with Gasteiger partial charge in [0.2, 0.25) is 0 Å². The molecule has 152 valence electrons. The Morgan fingerprint density at radius 1 is 1.20 bits per heavy atom. The van der Waals surface area contributed by atoms with Gasteiger partial charge in [0.25, 0.3) is 5.91 Å². The van der Waals surface area contributed by atoms with E-state index in [9.17, 15) is 9.59 Å². The predicted octanol–water partition coefficient (Wildman–Crippen LogP) is 4.81. The van der Waals surface area contributed by atoms with Crippen molar-refractivity contribution in [1.82, 2.24) is 5.32 Å². The molecular formula is C23H20N2O4S. The zero-order chi connectivity index (χ0) is 21.1. The highest BCUT2D eigenvalue weighted by Crippen LogP contribution is 2.32. The van der Waals surface area contributed by atoms with Crippen LogP contribution < -0.4 is 10.6 Å². The number of aryl methyl sites for hydroxylation is 1. The number of carboxylic acid groups (broad SMARTS) is 1. The number of amides is 1. The lowest BCUT2D eigenvalue weighted by Gasteiger charge is -2.12. The van der Waals surface area contributed by atoms with Gasteiger partial charge in [-0.1, -0.05) is 43.0 Å². The summed E-state index contributed by atoms with van der Waals surface area (Å²) in [4.78, 5) is 24.0. The second kappa shape index (κ2) is 8.51. The fraction of sp³-hybridized carbons (Fsp3) is 0.130. The van der Waals surface area contributed by atoms with Gasteiger partial charge in [0.05, 0.1) is 10.5 Å². The van der Waals surface area contributed by atoms with E-state index in [0.29, 0.717) is 22.0 Å². The van der Waals surface area contributed by atoms with Crippen molar-refractivity contribution in [2.75, 3.05) is 5.32 Å². The third-order valence-electron chi connectivity index (χ3n) is 4.68. The van der Waals surface area contributed by atoms with Gasteiger partial charge in [-0.2, -0.15) is 0 Å². The first-order valence-corrected chi connectivity index (χ1v) is 10.4. The monoisotopic (exact) mass is 420 g/mol. The second-order valence-corrected chi connectivity index (χ2v) is 7.91. The topological polar surface area (TPSA) is 91.6 Å². The van der Waals surface area contributed by atoms with Gasteiger partial charge in [-0.15, -0.1) is 0 Å². The first kappa shape index (κ1) is 19.8. The van der Waals surface area contributed by atoms with E-state index in [4.69, 9.17) is 9.52 Å². The van der Waals surface area contributed by atoms with Crippen molar-refractivity contribution < 1.29 is 19.1 Å². The summed E-state index contributed by atoms with van der Waals surface area (Å²) >= 11 is 1.38. The Morgan fingerprint density at radius 2 is 2.00 bits per heavy atom. The number of nitrogens with one attached hydrogen (secondary N) is 2. The Kier molecular flexibility index (Phi) is 5.63. The fourth-order valence-corrected chi connectivity index (χ4v) is 4.04. The summed E-state index contributed by atoms with van der Waals surface area (Å²) in [7, 11) is 0. The quantitative estimate of drug-likeness (QED) is 0.496. The van der Waals surface area contributed by atoms with Crippen molar-refractivity contribution in [3.05, 3.63) is 82.5 Å². The summed E-state index contributed by atoms with van der Waals surface area (Å²) in [5, 5.41) is 15.3. The van der Waals surface area contributed by atoms with Crippen LogP contribution in [0.2, 0.25) is 0 Å². The van der Waals surface area contributed by atoms with E-state index >= 15 is 0 Å². The van der Waals surface area contributed by atoms with Gasteiger partial charge in [-0.25, -0.2) is 4.79 Å². The standard InChI is InChI=1S/C23H20N2O4S/c1-2-14-6-8-17(9-7-14)24-23-25-21(26)20(30-23)13-18-10-11-19(29-18)15-4-3-5-16(12-15)22(27)28/h3-13,23-24H,2H2,1H3,(H,25,26)(H,27,28). The molecule has 1 unspecified atom stereocenters. The highest BCUT2D eigenvalue weighted by molar-refractivity contribution is 8.05. The van der Waals surface area contributed by atoms with Gasteiger partial charge in [0.1, 0.15) is 11.5 Å². The lowest BCUT2D eigenvalue weighted by molar-refractivity contribution is -0.116. The van der Waals surface area contributed by atoms with E-state index in [1.54, 1.807) is 36.4 Å². The number of thioether (sulfide) groups is 1. The minimum absolute atomic E-state index is 0.173. The molecule has 1 saturated heterocycles. The molecule has 2 aromatic carbocycles. The van der Waals surface area contributed by atoms with Crippen LogP contribution in [-0.4, -0.2) is 22.5 Å². The molecule has 4 rings (SSSR count). The van der Waals surface area contributed by atoms with Crippen LogP contribution in [-0.2, 0) is 11.2 Å². The van der Waals surface area contributed by atoms with E-state index in [-0.39, 0.29) is 17.0 Å². The number of carboxylic acids is 1. The largest absolute Gasteiger partial charge is 0.478 e. The van der Waals surface area contributed by atoms with Gasteiger partial charge in [0, 0.05) is 17.3 Å². The first-order valence-electron chi connectivity index (χ1n) is 9.50. The number of carbonyl (C=O) groups excluding carboxylic acids is 1. The van der Waals surface area contributed by atoms with Crippen LogP contribution in [0.25, 0.3) is 17.4 Å². The highest BCUT2D eigenvalue weighted by atomic mass is 32.2. The number of rotatable bonds is 6. The third-order valence-corrected chi connectivity index (χ3v) is 5.71. The minimum atomic E-state index is -0.993. The molecule has 1 aliphatic rings. The summed E-state index contributed by atoms with van der Waals surface area (Å²) < 4.78 is 5.81. The number of benzene rings is 2. The van der Waals surface area contributed by atoms with E-state index in [2.05, 4.69) is 29.7 Å². The summed E-state index contributed by atoms with van der Waals surface area (Å²) in [5.74, 6) is -0.100.